The molecule has 7 nitrogen and oxygen atoms in total. The van der Waals surface area contributed by atoms with Gasteiger partial charge in [0.2, 0.25) is 0 Å². The third kappa shape index (κ3) is 4.21. The Balaban J connectivity index is 1.42. The van der Waals surface area contributed by atoms with Crippen LogP contribution < -0.4 is 0 Å². The summed E-state index contributed by atoms with van der Waals surface area (Å²) in [5.74, 6) is 0.191. The van der Waals surface area contributed by atoms with E-state index in [0.29, 0.717) is 18.0 Å². The molecular weight excluding hydrogens is 505 g/mol. The van der Waals surface area contributed by atoms with Crippen molar-refractivity contribution in [3.63, 3.8) is 0 Å². The molecule has 2 aromatic carbocycles. The van der Waals surface area contributed by atoms with Gasteiger partial charge in [0.1, 0.15) is 5.82 Å². The summed E-state index contributed by atoms with van der Waals surface area (Å²) in [5, 5.41) is 20.5. The molecule has 1 N–H and O–H groups in total. The maximum atomic E-state index is 15.6. The zero-order valence-corrected chi connectivity index (χ0v) is 23.2. The van der Waals surface area contributed by atoms with Gasteiger partial charge in [-0.3, -0.25) is 4.98 Å². The van der Waals surface area contributed by atoms with Gasteiger partial charge in [-0.25, -0.2) is 9.07 Å². The molecule has 1 aliphatic heterocycles. The second-order valence-electron chi connectivity index (χ2n) is 11.7. The van der Waals surface area contributed by atoms with Crippen molar-refractivity contribution in [1.29, 1.82) is 0 Å². The summed E-state index contributed by atoms with van der Waals surface area (Å²) >= 11 is 0. The molecule has 2 fully saturated rings. The van der Waals surface area contributed by atoms with Crippen LogP contribution in [0, 0.1) is 18.7 Å². The minimum atomic E-state index is -1.21. The van der Waals surface area contributed by atoms with Gasteiger partial charge in [0.05, 0.1) is 33.5 Å². The van der Waals surface area contributed by atoms with Crippen molar-refractivity contribution >= 4 is 21.9 Å². The van der Waals surface area contributed by atoms with Crippen LogP contribution in [0.5, 0.6) is 0 Å². The van der Waals surface area contributed by atoms with E-state index in [4.69, 9.17) is 9.72 Å². The Bertz CT molecular complexity index is 1720. The second-order valence-corrected chi connectivity index (χ2v) is 11.7. The van der Waals surface area contributed by atoms with Crippen LogP contribution in [0.3, 0.4) is 0 Å². The molecule has 5 aromatic rings. The average molecular weight is 540 g/mol. The molecule has 0 spiro atoms. The Kier molecular flexibility index (Phi) is 6.02. The fourth-order valence-corrected chi connectivity index (χ4v) is 6.54. The topological polar surface area (TPSA) is 78.0 Å². The monoisotopic (exact) mass is 539 g/mol. The Labute approximate surface area is 232 Å². The fourth-order valence-electron chi connectivity index (χ4n) is 6.54. The second kappa shape index (κ2) is 9.49. The van der Waals surface area contributed by atoms with E-state index < -0.39 is 5.60 Å². The third-order valence-corrected chi connectivity index (χ3v) is 8.96. The number of halogens is 1. The number of aromatic nitrogens is 5. The number of nitrogens with zero attached hydrogens (tertiary/aromatic N) is 5. The van der Waals surface area contributed by atoms with Gasteiger partial charge < -0.3 is 14.4 Å². The van der Waals surface area contributed by atoms with Crippen molar-refractivity contribution < 1.29 is 14.2 Å². The van der Waals surface area contributed by atoms with E-state index in [1.165, 1.54) is 11.1 Å². The highest BCUT2D eigenvalue weighted by Gasteiger charge is 2.43. The van der Waals surface area contributed by atoms with E-state index >= 15 is 4.39 Å². The van der Waals surface area contributed by atoms with Crippen molar-refractivity contribution in [2.75, 3.05) is 13.2 Å². The van der Waals surface area contributed by atoms with E-state index in [9.17, 15) is 5.11 Å². The maximum absolute atomic E-state index is 15.6. The molecule has 1 atom stereocenters. The average Bonchev–Trinajstić information content (AvgIpc) is 3.72. The third-order valence-electron chi connectivity index (χ3n) is 8.96. The summed E-state index contributed by atoms with van der Waals surface area (Å²) in [5.41, 5.74) is 6.80. The summed E-state index contributed by atoms with van der Waals surface area (Å²) in [4.78, 5) is 4.85. The van der Waals surface area contributed by atoms with Gasteiger partial charge in [-0.15, -0.1) is 5.10 Å². The highest BCUT2D eigenvalue weighted by molar-refractivity contribution is 6.07. The molecule has 206 valence electrons. The lowest BCUT2D eigenvalue weighted by atomic mass is 9.89. The van der Waals surface area contributed by atoms with E-state index in [1.54, 1.807) is 17.7 Å². The van der Waals surface area contributed by atoms with Gasteiger partial charge in [0.15, 0.2) is 0 Å². The van der Waals surface area contributed by atoms with Crippen LogP contribution in [0.1, 0.15) is 60.9 Å². The molecule has 0 amide bonds. The zero-order valence-electron chi connectivity index (χ0n) is 23.2. The summed E-state index contributed by atoms with van der Waals surface area (Å²) in [7, 11) is 1.87. The van der Waals surface area contributed by atoms with Crippen LogP contribution in [-0.4, -0.2) is 42.9 Å². The van der Waals surface area contributed by atoms with Gasteiger partial charge in [-0.2, -0.15) is 0 Å². The normalized spacial score (nSPS) is 18.0. The van der Waals surface area contributed by atoms with Gasteiger partial charge in [-0.1, -0.05) is 29.5 Å². The summed E-state index contributed by atoms with van der Waals surface area (Å²) in [6, 6.07) is 14.3. The van der Waals surface area contributed by atoms with Gasteiger partial charge >= 0.3 is 0 Å². The van der Waals surface area contributed by atoms with Crippen LogP contribution in [-0.2, 0) is 23.9 Å². The predicted molar refractivity (Wildman–Crippen MR) is 153 cm³/mol. The van der Waals surface area contributed by atoms with Crippen molar-refractivity contribution in [3.05, 3.63) is 76.9 Å². The van der Waals surface area contributed by atoms with Gasteiger partial charge in [0.25, 0.3) is 0 Å². The number of hydrogen-bond acceptors (Lipinski definition) is 5. The number of benzene rings is 2. The minimum Gasteiger partial charge on any atom is -0.385 e. The van der Waals surface area contributed by atoms with Crippen LogP contribution in [0.4, 0.5) is 4.39 Å². The molecule has 1 saturated carbocycles. The zero-order chi connectivity index (χ0) is 27.6. The Hall–Kier alpha value is -3.62. The first-order chi connectivity index (χ1) is 19.3. The number of aliphatic hydroxyl groups is 1. The van der Waals surface area contributed by atoms with Crippen LogP contribution in [0.15, 0.2) is 48.7 Å². The molecule has 8 heteroatoms. The molecule has 1 unspecified atom stereocenters. The smallest absolute Gasteiger partial charge is 0.130 e. The Morgan fingerprint density at radius 3 is 2.60 bits per heavy atom. The highest BCUT2D eigenvalue weighted by atomic mass is 19.1. The molecule has 1 saturated heterocycles. The molecular formula is C32H34FN5O2. The van der Waals surface area contributed by atoms with Crippen LogP contribution >= 0.6 is 0 Å². The molecule has 0 radical (unpaired) electrons. The Morgan fingerprint density at radius 2 is 1.88 bits per heavy atom. The van der Waals surface area contributed by atoms with Crippen molar-refractivity contribution in [2.24, 2.45) is 13.0 Å². The molecule has 1 aliphatic carbocycles. The summed E-state index contributed by atoms with van der Waals surface area (Å²) in [6.07, 6.45) is 5.70. The Morgan fingerprint density at radius 1 is 1.07 bits per heavy atom. The SMILES string of the molecule is Cc1nnn(C)c1-c1cnc2c3cc(F)c(C(C)(O)C4CC4)cc3n(Cc3cccc(C4CCOCC4)c3)c2c1. The lowest BCUT2D eigenvalue weighted by molar-refractivity contribution is 0.0296. The molecule has 3 aromatic heterocycles. The summed E-state index contributed by atoms with van der Waals surface area (Å²) in [6.45, 7) is 5.88. The first-order valence-electron chi connectivity index (χ1n) is 14.2. The van der Waals surface area contributed by atoms with Crippen molar-refractivity contribution in [2.45, 2.75) is 57.6 Å². The number of ether oxygens (including phenoxy) is 1. The standard InChI is InChI=1S/C32H34FN5O2/c1-19-31(37(3)36-35-19)23-14-29-30(34-17-23)25-15-27(33)26(32(2,39)24-7-8-24)16-28(25)38(29)18-20-5-4-6-22(13-20)21-9-11-40-12-10-21/h4-6,13-17,21,24,39H,7-12,18H2,1-3H3. The maximum Gasteiger partial charge on any atom is 0.130 e. The van der Waals surface area contributed by atoms with Crippen LogP contribution in [0.25, 0.3) is 33.2 Å². The van der Waals surface area contributed by atoms with Crippen molar-refractivity contribution in [3.8, 4) is 11.3 Å². The molecule has 2 aliphatic rings. The lowest BCUT2D eigenvalue weighted by Gasteiger charge is -2.24. The number of rotatable bonds is 6. The minimum absolute atomic E-state index is 0.0819. The molecule has 40 heavy (non-hydrogen) atoms. The van der Waals surface area contributed by atoms with E-state index in [1.807, 2.05) is 26.2 Å². The van der Waals surface area contributed by atoms with Crippen molar-refractivity contribution in [1.82, 2.24) is 24.5 Å². The van der Waals surface area contributed by atoms with E-state index in [0.717, 1.165) is 77.8 Å². The first-order valence-corrected chi connectivity index (χ1v) is 14.2. The molecule has 0 bridgehead atoms. The highest BCUT2D eigenvalue weighted by Crippen LogP contribution is 2.47. The molecule has 4 heterocycles. The van der Waals surface area contributed by atoms with Gasteiger partial charge in [0, 0.05) is 49.5 Å². The lowest BCUT2D eigenvalue weighted by Crippen LogP contribution is -2.25. The van der Waals surface area contributed by atoms with E-state index in [-0.39, 0.29) is 11.7 Å². The summed E-state index contributed by atoms with van der Waals surface area (Å²) < 4.78 is 25.2. The van der Waals surface area contributed by atoms with Gasteiger partial charge in [-0.05, 0) is 80.7 Å². The largest absolute Gasteiger partial charge is 0.385 e. The molecule has 7 rings (SSSR count). The number of hydrogen-bond donors (Lipinski definition) is 1. The number of fused-ring (bicyclic) bond motifs is 3. The number of pyridine rings is 1. The van der Waals surface area contributed by atoms with Crippen LogP contribution in [0.2, 0.25) is 0 Å². The number of aryl methyl sites for hydroxylation is 2. The fraction of sp³-hybridized carbons (Fsp3) is 0.406. The predicted octanol–water partition coefficient (Wildman–Crippen LogP) is 5.99. The first kappa shape index (κ1) is 25.4. The van der Waals surface area contributed by atoms with E-state index in [2.05, 4.69) is 45.2 Å². The quantitative estimate of drug-likeness (QED) is 0.287.